The summed E-state index contributed by atoms with van der Waals surface area (Å²) in [6.45, 7) is 0. The summed E-state index contributed by atoms with van der Waals surface area (Å²) in [5, 5.41) is 8.94. The van der Waals surface area contributed by atoms with Gasteiger partial charge < -0.3 is 10.0 Å². The van der Waals surface area contributed by atoms with E-state index >= 15 is 0 Å². The molecule has 0 aromatic heterocycles. The molecule has 3 nitrogen and oxygen atoms in total. The van der Waals surface area contributed by atoms with Crippen LogP contribution in [0, 0.1) is 0 Å². The predicted molar refractivity (Wildman–Crippen MR) is 70.7 cm³/mol. The van der Waals surface area contributed by atoms with Crippen molar-refractivity contribution in [1.29, 1.82) is 0 Å². The molecule has 0 saturated heterocycles. The fraction of sp³-hybridized carbons (Fsp3) is 0.182. The minimum absolute atomic E-state index is 0. The lowest BCUT2D eigenvalue weighted by atomic mass is 10.0. The van der Waals surface area contributed by atoms with Gasteiger partial charge in [0.05, 0.1) is 0 Å². The first-order chi connectivity index (χ1) is 6.70. The van der Waals surface area contributed by atoms with Crippen molar-refractivity contribution in [3.05, 3.63) is 35.9 Å². The van der Waals surface area contributed by atoms with Crippen molar-refractivity contribution >= 4 is 41.7 Å². The third-order valence-corrected chi connectivity index (χ3v) is 2.45. The number of carboxylic acids is 1. The number of aliphatic carboxylic acids is 1. The Morgan fingerprint density at radius 3 is 2.73 bits per heavy atom. The molecule has 0 aliphatic carbocycles. The topological polar surface area (TPSA) is 40.5 Å². The second-order valence-electron chi connectivity index (χ2n) is 3.31. The lowest BCUT2D eigenvalue weighted by Crippen LogP contribution is -2.38. The average molecular weight is 317 g/mol. The van der Waals surface area contributed by atoms with Crippen LogP contribution in [0.3, 0.4) is 0 Å². The molecule has 1 aromatic rings. The number of likely N-dealkylation sites (N-methyl/N-ethyl adjacent to an activating group) is 1. The van der Waals surface area contributed by atoms with E-state index in [0.29, 0.717) is 0 Å². The van der Waals surface area contributed by atoms with Gasteiger partial charge in [-0.2, -0.15) is 0 Å². The molecule has 1 aromatic carbocycles. The molecule has 0 fully saturated rings. The average Bonchev–Trinajstić information content (AvgIpc) is 2.18. The van der Waals surface area contributed by atoms with Crippen LogP contribution in [0.15, 0.2) is 30.3 Å². The Hall–Kier alpha value is -1.04. The maximum absolute atomic E-state index is 10.9. The fourth-order valence-electron chi connectivity index (χ4n) is 1.67. The molecule has 0 radical (unpaired) electrons. The zero-order valence-corrected chi connectivity index (χ0v) is 10.6. The van der Waals surface area contributed by atoms with E-state index in [2.05, 4.69) is 0 Å². The van der Waals surface area contributed by atoms with Crippen molar-refractivity contribution in [2.75, 3.05) is 11.9 Å². The minimum Gasteiger partial charge on any atom is -0.479 e. The molecule has 0 saturated carbocycles. The number of carbonyl (C=O) groups is 1. The smallest absolute Gasteiger partial charge is 0.330 e. The van der Waals surface area contributed by atoms with Gasteiger partial charge in [-0.05, 0) is 11.6 Å². The first-order valence-corrected chi connectivity index (χ1v) is 4.43. The first-order valence-electron chi connectivity index (χ1n) is 4.43. The van der Waals surface area contributed by atoms with E-state index in [1.165, 1.54) is 0 Å². The number of nitrogens with zero attached hydrogens (tertiary/aromatic N) is 1. The van der Waals surface area contributed by atoms with Gasteiger partial charge in [-0.3, -0.25) is 0 Å². The molecule has 1 unspecified atom stereocenters. The largest absolute Gasteiger partial charge is 0.479 e. The third-order valence-electron chi connectivity index (χ3n) is 2.45. The number of halogens is 1. The van der Waals surface area contributed by atoms with Crippen molar-refractivity contribution in [2.24, 2.45) is 0 Å². The third kappa shape index (κ3) is 2.14. The van der Waals surface area contributed by atoms with Crippen LogP contribution in [-0.4, -0.2) is 24.2 Å². The summed E-state index contributed by atoms with van der Waals surface area (Å²) >= 11 is 0. The molecule has 1 atom stereocenters. The lowest BCUT2D eigenvalue weighted by molar-refractivity contribution is -0.137. The number of para-hydroxylation sites is 1. The molecule has 0 amide bonds. The summed E-state index contributed by atoms with van der Waals surface area (Å²) in [7, 11) is 1.79. The number of rotatable bonds is 1. The molecular weight excluding hydrogens is 305 g/mol. The SMILES string of the molecule is CN1c2ccccc2C=CC1C(=O)O.I. The van der Waals surface area contributed by atoms with Crippen LogP contribution in [0.25, 0.3) is 6.08 Å². The molecule has 0 bridgehead atoms. The Labute approximate surface area is 105 Å². The van der Waals surface area contributed by atoms with Gasteiger partial charge in [0.25, 0.3) is 0 Å². The number of anilines is 1. The van der Waals surface area contributed by atoms with Crippen LogP contribution in [0.4, 0.5) is 5.69 Å². The molecule has 0 spiro atoms. The highest BCUT2D eigenvalue weighted by atomic mass is 127. The first kappa shape index (κ1) is 12.0. The van der Waals surface area contributed by atoms with Crippen molar-refractivity contribution in [3.63, 3.8) is 0 Å². The summed E-state index contributed by atoms with van der Waals surface area (Å²) in [6, 6.07) is 7.20. The molecule has 1 aliphatic heterocycles. The number of benzene rings is 1. The van der Waals surface area contributed by atoms with Crippen LogP contribution < -0.4 is 4.90 Å². The molecule has 15 heavy (non-hydrogen) atoms. The maximum Gasteiger partial charge on any atom is 0.330 e. The van der Waals surface area contributed by atoms with Gasteiger partial charge in [0.1, 0.15) is 6.04 Å². The normalized spacial score (nSPS) is 17.9. The van der Waals surface area contributed by atoms with Gasteiger partial charge in [-0.25, -0.2) is 4.79 Å². The maximum atomic E-state index is 10.9. The predicted octanol–water partition coefficient (Wildman–Crippen LogP) is 2.22. The van der Waals surface area contributed by atoms with Crippen LogP contribution in [0.5, 0.6) is 0 Å². The van der Waals surface area contributed by atoms with Gasteiger partial charge in [0, 0.05) is 12.7 Å². The second-order valence-corrected chi connectivity index (χ2v) is 3.31. The van der Waals surface area contributed by atoms with Gasteiger partial charge in [-0.15, -0.1) is 24.0 Å². The zero-order valence-electron chi connectivity index (χ0n) is 8.25. The van der Waals surface area contributed by atoms with E-state index in [4.69, 9.17) is 5.11 Å². The van der Waals surface area contributed by atoms with Crippen LogP contribution in [0.2, 0.25) is 0 Å². The van der Waals surface area contributed by atoms with Crippen molar-refractivity contribution < 1.29 is 9.90 Å². The summed E-state index contributed by atoms with van der Waals surface area (Å²) in [5.41, 5.74) is 2.02. The number of carboxylic acid groups (broad SMARTS) is 1. The van der Waals surface area contributed by atoms with Crippen LogP contribution >= 0.6 is 24.0 Å². The van der Waals surface area contributed by atoms with E-state index < -0.39 is 12.0 Å². The highest BCUT2D eigenvalue weighted by Gasteiger charge is 2.24. The summed E-state index contributed by atoms with van der Waals surface area (Å²) in [5.74, 6) is -0.821. The minimum atomic E-state index is -0.821. The quantitative estimate of drug-likeness (QED) is 0.808. The Balaban J connectivity index is 0.00000112. The van der Waals surface area contributed by atoms with Gasteiger partial charge >= 0.3 is 5.97 Å². The van der Waals surface area contributed by atoms with E-state index in [0.717, 1.165) is 11.3 Å². The van der Waals surface area contributed by atoms with Crippen molar-refractivity contribution in [2.45, 2.75) is 6.04 Å². The van der Waals surface area contributed by atoms with E-state index in [-0.39, 0.29) is 24.0 Å². The second kappa shape index (κ2) is 4.65. The Morgan fingerprint density at radius 2 is 2.07 bits per heavy atom. The standard InChI is InChI=1S/C11H11NO2.HI/c1-12-9-5-3-2-4-8(9)6-7-10(12)11(13)14;/h2-7,10H,1H3,(H,13,14);1H. The van der Waals surface area contributed by atoms with Crippen LogP contribution in [-0.2, 0) is 4.79 Å². The van der Waals surface area contributed by atoms with E-state index in [9.17, 15) is 4.79 Å². The Kier molecular flexibility index (Phi) is 3.73. The molecule has 2 rings (SSSR count). The zero-order chi connectivity index (χ0) is 10.1. The Bertz CT molecular complexity index is 403. The molecular formula is C11H12INO2. The summed E-state index contributed by atoms with van der Waals surface area (Å²) in [6.07, 6.45) is 3.55. The molecule has 4 heteroatoms. The fourth-order valence-corrected chi connectivity index (χ4v) is 1.67. The van der Waals surface area contributed by atoms with Gasteiger partial charge in [0.2, 0.25) is 0 Å². The van der Waals surface area contributed by atoms with E-state index in [1.807, 2.05) is 30.3 Å². The highest BCUT2D eigenvalue weighted by Crippen LogP contribution is 2.27. The molecule has 1 N–H and O–H groups in total. The van der Waals surface area contributed by atoms with Crippen molar-refractivity contribution in [1.82, 2.24) is 0 Å². The van der Waals surface area contributed by atoms with Crippen LogP contribution in [0.1, 0.15) is 5.56 Å². The van der Waals surface area contributed by atoms with Crippen molar-refractivity contribution in [3.8, 4) is 0 Å². The molecule has 1 heterocycles. The highest BCUT2D eigenvalue weighted by molar-refractivity contribution is 14.0. The number of fused-ring (bicyclic) bond motifs is 1. The number of hydrogen-bond acceptors (Lipinski definition) is 2. The van der Waals surface area contributed by atoms with Gasteiger partial charge in [-0.1, -0.05) is 30.4 Å². The number of hydrogen-bond donors (Lipinski definition) is 1. The lowest BCUT2D eigenvalue weighted by Gasteiger charge is -2.29. The van der Waals surface area contributed by atoms with E-state index in [1.54, 1.807) is 18.0 Å². The Morgan fingerprint density at radius 1 is 1.40 bits per heavy atom. The van der Waals surface area contributed by atoms with Gasteiger partial charge in [0.15, 0.2) is 0 Å². The monoisotopic (exact) mass is 317 g/mol. The molecule has 80 valence electrons. The summed E-state index contributed by atoms with van der Waals surface area (Å²) < 4.78 is 0. The molecule has 1 aliphatic rings. The summed E-state index contributed by atoms with van der Waals surface area (Å²) in [4.78, 5) is 12.6.